The van der Waals surface area contributed by atoms with Gasteiger partial charge in [-0.2, -0.15) is 0 Å². The number of nitrogens with one attached hydrogen (secondary N) is 2. The monoisotopic (exact) mass is 310 g/mol. The Balaban J connectivity index is 1.59. The van der Waals surface area contributed by atoms with E-state index >= 15 is 0 Å². The van der Waals surface area contributed by atoms with Gasteiger partial charge in [0.25, 0.3) is 5.91 Å². The lowest BCUT2D eigenvalue weighted by atomic mass is 10.1. The molecule has 0 spiro atoms. The van der Waals surface area contributed by atoms with Gasteiger partial charge in [0.2, 0.25) is 0 Å². The molecule has 0 saturated carbocycles. The van der Waals surface area contributed by atoms with Crippen LogP contribution in [0.1, 0.15) is 28.8 Å². The van der Waals surface area contributed by atoms with Crippen LogP contribution < -0.4 is 15.4 Å². The maximum absolute atomic E-state index is 12.3. The Bertz CT molecular complexity index is 637. The minimum absolute atomic E-state index is 0.0381. The number of ether oxygens (including phenoxy) is 1. The van der Waals surface area contributed by atoms with Gasteiger partial charge in [0.05, 0.1) is 0 Å². The lowest BCUT2D eigenvalue weighted by molar-refractivity contribution is 0.0930. The van der Waals surface area contributed by atoms with Gasteiger partial charge in [-0.15, -0.1) is 0 Å². The lowest BCUT2D eigenvalue weighted by Crippen LogP contribution is -2.45. The zero-order chi connectivity index (χ0) is 15.9. The van der Waals surface area contributed by atoms with Gasteiger partial charge >= 0.3 is 0 Å². The standard InChI is InChI=1S/C19H22N2O2/c22-19(21-17-9-5-11-20-13-17)16-8-4-10-18(12-16)23-14-15-6-2-1-3-7-15/h1-4,6-8,10,12,17,20H,5,9,11,13-14H2,(H,21,22)/t17-/m0/s1. The lowest BCUT2D eigenvalue weighted by Gasteiger charge is -2.23. The van der Waals surface area contributed by atoms with E-state index in [0.29, 0.717) is 17.9 Å². The van der Waals surface area contributed by atoms with Crippen molar-refractivity contribution >= 4 is 5.91 Å². The first-order valence-corrected chi connectivity index (χ1v) is 8.09. The predicted octanol–water partition coefficient (Wildman–Crippen LogP) is 2.75. The van der Waals surface area contributed by atoms with Crippen LogP contribution in [0.3, 0.4) is 0 Å². The van der Waals surface area contributed by atoms with Crippen LogP contribution in [0, 0.1) is 0 Å². The molecule has 1 saturated heterocycles. The maximum Gasteiger partial charge on any atom is 0.251 e. The molecule has 120 valence electrons. The van der Waals surface area contributed by atoms with E-state index in [2.05, 4.69) is 10.6 Å². The summed E-state index contributed by atoms with van der Waals surface area (Å²) in [4.78, 5) is 12.3. The van der Waals surface area contributed by atoms with Gasteiger partial charge in [-0.1, -0.05) is 36.4 Å². The van der Waals surface area contributed by atoms with Crippen molar-refractivity contribution in [1.82, 2.24) is 10.6 Å². The molecule has 1 aliphatic rings. The fourth-order valence-corrected chi connectivity index (χ4v) is 2.71. The fourth-order valence-electron chi connectivity index (χ4n) is 2.71. The number of hydrogen-bond acceptors (Lipinski definition) is 3. The van der Waals surface area contributed by atoms with Crippen LogP contribution in [-0.2, 0) is 6.61 Å². The predicted molar refractivity (Wildman–Crippen MR) is 90.6 cm³/mol. The summed E-state index contributed by atoms with van der Waals surface area (Å²) in [6.07, 6.45) is 2.13. The highest BCUT2D eigenvalue weighted by Crippen LogP contribution is 2.16. The molecule has 1 amide bonds. The Morgan fingerprint density at radius 3 is 2.83 bits per heavy atom. The second-order valence-electron chi connectivity index (χ2n) is 5.82. The average Bonchev–Trinajstić information content (AvgIpc) is 2.62. The average molecular weight is 310 g/mol. The van der Waals surface area contributed by atoms with Gasteiger partial charge in [-0.3, -0.25) is 4.79 Å². The van der Waals surface area contributed by atoms with Gasteiger partial charge in [-0.25, -0.2) is 0 Å². The number of hydrogen-bond donors (Lipinski definition) is 2. The molecule has 0 radical (unpaired) electrons. The molecule has 2 aromatic rings. The molecule has 2 N–H and O–H groups in total. The third-order valence-corrected chi connectivity index (χ3v) is 3.98. The fraction of sp³-hybridized carbons (Fsp3) is 0.316. The van der Waals surface area contributed by atoms with E-state index in [1.54, 1.807) is 6.07 Å². The van der Waals surface area contributed by atoms with Crippen LogP contribution in [0.5, 0.6) is 5.75 Å². The summed E-state index contributed by atoms with van der Waals surface area (Å²) in [5.41, 5.74) is 1.75. The zero-order valence-electron chi connectivity index (χ0n) is 13.1. The molecule has 0 bridgehead atoms. The highest BCUT2D eigenvalue weighted by atomic mass is 16.5. The number of rotatable bonds is 5. The molecular formula is C19H22N2O2. The summed E-state index contributed by atoms with van der Waals surface area (Å²) in [6.45, 7) is 2.38. The van der Waals surface area contributed by atoms with E-state index in [1.165, 1.54) is 0 Å². The first kappa shape index (κ1) is 15.6. The summed E-state index contributed by atoms with van der Waals surface area (Å²) in [5, 5.41) is 6.38. The molecule has 1 heterocycles. The van der Waals surface area contributed by atoms with Gasteiger partial charge < -0.3 is 15.4 Å². The van der Waals surface area contributed by atoms with E-state index in [4.69, 9.17) is 4.74 Å². The van der Waals surface area contributed by atoms with Crippen molar-refractivity contribution in [2.45, 2.75) is 25.5 Å². The number of benzene rings is 2. The van der Waals surface area contributed by atoms with Crippen molar-refractivity contribution in [3.05, 3.63) is 65.7 Å². The third kappa shape index (κ3) is 4.57. The van der Waals surface area contributed by atoms with Gasteiger partial charge in [0, 0.05) is 18.2 Å². The zero-order valence-corrected chi connectivity index (χ0v) is 13.1. The molecule has 1 fully saturated rings. The maximum atomic E-state index is 12.3. The molecule has 3 rings (SSSR count). The van der Waals surface area contributed by atoms with Gasteiger partial charge in [0.15, 0.2) is 0 Å². The van der Waals surface area contributed by atoms with Crippen LogP contribution in [0.4, 0.5) is 0 Å². The highest BCUT2D eigenvalue weighted by Gasteiger charge is 2.16. The van der Waals surface area contributed by atoms with E-state index in [-0.39, 0.29) is 11.9 Å². The topological polar surface area (TPSA) is 50.4 Å². The van der Waals surface area contributed by atoms with Crippen molar-refractivity contribution in [1.29, 1.82) is 0 Å². The SMILES string of the molecule is O=C(N[C@H]1CCCNC1)c1cccc(OCc2ccccc2)c1. The Morgan fingerprint density at radius 2 is 2.04 bits per heavy atom. The second kappa shape index (κ2) is 7.79. The molecule has 0 aliphatic carbocycles. The summed E-state index contributed by atoms with van der Waals surface area (Å²) >= 11 is 0. The van der Waals surface area contributed by atoms with Gasteiger partial charge in [-0.05, 0) is 43.1 Å². The van der Waals surface area contributed by atoms with Crippen LogP contribution >= 0.6 is 0 Å². The largest absolute Gasteiger partial charge is 0.489 e. The summed E-state index contributed by atoms with van der Waals surface area (Å²) in [7, 11) is 0. The number of amides is 1. The summed E-state index contributed by atoms with van der Waals surface area (Å²) < 4.78 is 5.78. The van der Waals surface area contributed by atoms with E-state index < -0.39 is 0 Å². The van der Waals surface area contributed by atoms with Crippen molar-refractivity contribution in [2.24, 2.45) is 0 Å². The molecule has 0 unspecified atom stereocenters. The molecule has 1 atom stereocenters. The molecule has 1 aliphatic heterocycles. The van der Waals surface area contributed by atoms with Gasteiger partial charge in [0.1, 0.15) is 12.4 Å². The minimum Gasteiger partial charge on any atom is -0.489 e. The molecular weight excluding hydrogens is 288 g/mol. The van der Waals surface area contributed by atoms with E-state index in [1.807, 2.05) is 48.5 Å². The van der Waals surface area contributed by atoms with Crippen molar-refractivity contribution in [2.75, 3.05) is 13.1 Å². The Morgan fingerprint density at radius 1 is 1.17 bits per heavy atom. The summed E-state index contributed by atoms with van der Waals surface area (Å²) in [5.74, 6) is 0.673. The molecule has 23 heavy (non-hydrogen) atoms. The quantitative estimate of drug-likeness (QED) is 0.893. The van der Waals surface area contributed by atoms with Crippen LogP contribution in [-0.4, -0.2) is 25.0 Å². The second-order valence-corrected chi connectivity index (χ2v) is 5.82. The minimum atomic E-state index is -0.0381. The normalized spacial score (nSPS) is 17.5. The third-order valence-electron chi connectivity index (χ3n) is 3.98. The Hall–Kier alpha value is -2.33. The number of carbonyl (C=O) groups excluding carboxylic acids is 1. The molecule has 4 heteroatoms. The van der Waals surface area contributed by atoms with Crippen LogP contribution in [0.2, 0.25) is 0 Å². The Labute approximate surface area is 136 Å². The van der Waals surface area contributed by atoms with Crippen LogP contribution in [0.15, 0.2) is 54.6 Å². The van der Waals surface area contributed by atoms with Crippen molar-refractivity contribution in [3.8, 4) is 5.75 Å². The molecule has 4 nitrogen and oxygen atoms in total. The van der Waals surface area contributed by atoms with E-state index in [9.17, 15) is 4.79 Å². The molecule has 2 aromatic carbocycles. The number of piperidine rings is 1. The molecule has 0 aromatic heterocycles. The number of carbonyl (C=O) groups is 1. The smallest absolute Gasteiger partial charge is 0.251 e. The van der Waals surface area contributed by atoms with Crippen molar-refractivity contribution < 1.29 is 9.53 Å². The summed E-state index contributed by atoms with van der Waals surface area (Å²) in [6, 6.07) is 17.6. The van der Waals surface area contributed by atoms with Crippen molar-refractivity contribution in [3.63, 3.8) is 0 Å². The first-order valence-electron chi connectivity index (χ1n) is 8.09. The van der Waals surface area contributed by atoms with Crippen LogP contribution in [0.25, 0.3) is 0 Å². The van der Waals surface area contributed by atoms with E-state index in [0.717, 1.165) is 31.5 Å². The first-order chi connectivity index (χ1) is 11.3. The Kier molecular flexibility index (Phi) is 5.27. The highest BCUT2D eigenvalue weighted by molar-refractivity contribution is 5.94.